The van der Waals surface area contributed by atoms with Crippen molar-refractivity contribution < 1.29 is 4.79 Å². The smallest absolute Gasteiger partial charge is 0.255 e. The van der Waals surface area contributed by atoms with Gasteiger partial charge in [0.25, 0.3) is 5.91 Å². The lowest BCUT2D eigenvalue weighted by atomic mass is 10.1. The minimum absolute atomic E-state index is 0.103. The number of hydrogen-bond acceptors (Lipinski definition) is 4. The van der Waals surface area contributed by atoms with Crippen LogP contribution in [0.1, 0.15) is 33.5 Å². The van der Waals surface area contributed by atoms with Crippen LogP contribution in [0, 0.1) is 13.8 Å². The number of rotatable bonds is 5. The van der Waals surface area contributed by atoms with Crippen LogP contribution in [0.2, 0.25) is 0 Å². The van der Waals surface area contributed by atoms with Crippen LogP contribution in [0.4, 0.5) is 11.5 Å². The molecule has 1 aromatic heterocycles. The van der Waals surface area contributed by atoms with E-state index in [1.54, 1.807) is 6.20 Å². The number of pyridine rings is 1. The van der Waals surface area contributed by atoms with Crippen molar-refractivity contribution in [2.24, 2.45) is 0 Å². The molecule has 5 heteroatoms. The molecule has 0 saturated carbocycles. The molecule has 0 atom stereocenters. The number of benzene rings is 2. The van der Waals surface area contributed by atoms with Gasteiger partial charge in [0, 0.05) is 38.3 Å². The van der Waals surface area contributed by atoms with Crippen molar-refractivity contribution in [1.29, 1.82) is 0 Å². The van der Waals surface area contributed by atoms with Gasteiger partial charge in [-0.1, -0.05) is 48.0 Å². The number of carbonyl (C=O) groups is 1. The first-order valence-corrected chi connectivity index (χ1v) is 10.9. The van der Waals surface area contributed by atoms with E-state index < -0.39 is 0 Å². The number of amides is 1. The summed E-state index contributed by atoms with van der Waals surface area (Å²) in [5.41, 5.74) is 5.03. The predicted octanol–water partition coefficient (Wildman–Crippen LogP) is 4.66. The van der Waals surface area contributed by atoms with Crippen molar-refractivity contribution >= 4 is 17.4 Å². The second kappa shape index (κ2) is 9.75. The van der Waals surface area contributed by atoms with Gasteiger partial charge in [0.05, 0.1) is 11.9 Å². The Balaban J connectivity index is 1.34. The number of aryl methyl sites for hydroxylation is 2. The van der Waals surface area contributed by atoms with Crippen LogP contribution >= 0.6 is 0 Å². The molecule has 0 spiro atoms. The third-order valence-corrected chi connectivity index (χ3v) is 5.83. The summed E-state index contributed by atoms with van der Waals surface area (Å²) in [4.78, 5) is 22.0. The monoisotopic (exact) mass is 414 g/mol. The number of nitrogens with zero attached hydrogens (tertiary/aromatic N) is 3. The lowest BCUT2D eigenvalue weighted by Crippen LogP contribution is -2.31. The third-order valence-electron chi connectivity index (χ3n) is 5.83. The van der Waals surface area contributed by atoms with Gasteiger partial charge >= 0.3 is 0 Å². The highest BCUT2D eigenvalue weighted by molar-refractivity contribution is 6.05. The Kier molecular flexibility index (Phi) is 6.63. The topological polar surface area (TPSA) is 48.5 Å². The standard InChI is InChI=1S/C26H30N4O/c1-20-8-10-22(11-9-20)19-29-14-5-15-30(17-16-29)25-13-12-23(18-27-25)28-26(31)24-7-4-3-6-21(24)2/h3-4,6-13,18H,5,14-17,19H2,1-2H3,(H,28,31). The van der Waals surface area contributed by atoms with Crippen molar-refractivity contribution in [3.05, 3.63) is 89.1 Å². The average Bonchev–Trinajstić information content (AvgIpc) is 3.02. The predicted molar refractivity (Wildman–Crippen MR) is 127 cm³/mol. The number of carbonyl (C=O) groups excluding carboxylic acids is 1. The Bertz CT molecular complexity index is 1010. The summed E-state index contributed by atoms with van der Waals surface area (Å²) in [6.45, 7) is 9.11. The zero-order chi connectivity index (χ0) is 21.6. The number of anilines is 2. The van der Waals surface area contributed by atoms with Gasteiger partial charge in [0.15, 0.2) is 0 Å². The summed E-state index contributed by atoms with van der Waals surface area (Å²) >= 11 is 0. The molecule has 2 heterocycles. The second-order valence-corrected chi connectivity index (χ2v) is 8.28. The highest BCUT2D eigenvalue weighted by Gasteiger charge is 2.16. The SMILES string of the molecule is Cc1ccc(CN2CCCN(c3ccc(NC(=O)c4ccccc4C)cn3)CC2)cc1. The molecule has 1 N–H and O–H groups in total. The van der Waals surface area contributed by atoms with E-state index in [1.165, 1.54) is 11.1 Å². The molecule has 1 saturated heterocycles. The quantitative estimate of drug-likeness (QED) is 0.660. The van der Waals surface area contributed by atoms with Gasteiger partial charge in [-0.2, -0.15) is 0 Å². The summed E-state index contributed by atoms with van der Waals surface area (Å²) in [6.07, 6.45) is 2.86. The van der Waals surface area contributed by atoms with Gasteiger partial charge in [-0.05, 0) is 49.6 Å². The molecule has 4 rings (SSSR count). The average molecular weight is 415 g/mol. The van der Waals surface area contributed by atoms with Crippen molar-refractivity contribution in [2.45, 2.75) is 26.8 Å². The molecule has 31 heavy (non-hydrogen) atoms. The van der Waals surface area contributed by atoms with E-state index in [2.05, 4.69) is 51.3 Å². The van der Waals surface area contributed by atoms with Gasteiger partial charge in [-0.3, -0.25) is 9.69 Å². The van der Waals surface area contributed by atoms with E-state index in [9.17, 15) is 4.79 Å². The van der Waals surface area contributed by atoms with E-state index in [4.69, 9.17) is 0 Å². The zero-order valence-electron chi connectivity index (χ0n) is 18.3. The van der Waals surface area contributed by atoms with Crippen LogP contribution < -0.4 is 10.2 Å². The molecule has 5 nitrogen and oxygen atoms in total. The van der Waals surface area contributed by atoms with Gasteiger partial charge in [0.2, 0.25) is 0 Å². The Labute approximate surface area is 184 Å². The van der Waals surface area contributed by atoms with Crippen LogP contribution in [-0.4, -0.2) is 42.0 Å². The fourth-order valence-corrected chi connectivity index (χ4v) is 3.98. The number of aromatic nitrogens is 1. The minimum atomic E-state index is -0.103. The zero-order valence-corrected chi connectivity index (χ0v) is 18.3. The maximum atomic E-state index is 12.5. The molecule has 1 aliphatic heterocycles. The van der Waals surface area contributed by atoms with Crippen molar-refractivity contribution in [1.82, 2.24) is 9.88 Å². The van der Waals surface area contributed by atoms with Crippen LogP contribution in [-0.2, 0) is 6.54 Å². The molecule has 160 valence electrons. The Morgan fingerprint density at radius 1 is 0.935 bits per heavy atom. The first-order chi connectivity index (χ1) is 15.1. The molecule has 3 aromatic rings. The molecule has 0 aliphatic carbocycles. The molecule has 0 radical (unpaired) electrons. The Hall–Kier alpha value is -3.18. The molecule has 1 amide bonds. The molecule has 0 bridgehead atoms. The summed E-state index contributed by atoms with van der Waals surface area (Å²) < 4.78 is 0. The lowest BCUT2D eigenvalue weighted by Gasteiger charge is -2.23. The maximum Gasteiger partial charge on any atom is 0.255 e. The van der Waals surface area contributed by atoms with Crippen molar-refractivity contribution in [3.8, 4) is 0 Å². The minimum Gasteiger partial charge on any atom is -0.355 e. The summed E-state index contributed by atoms with van der Waals surface area (Å²) in [5, 5.41) is 2.95. The fourth-order valence-electron chi connectivity index (χ4n) is 3.98. The molecular formula is C26H30N4O. The summed E-state index contributed by atoms with van der Waals surface area (Å²) in [7, 11) is 0. The lowest BCUT2D eigenvalue weighted by molar-refractivity contribution is 0.102. The number of nitrogens with one attached hydrogen (secondary N) is 1. The summed E-state index contributed by atoms with van der Waals surface area (Å²) in [6, 6.07) is 20.4. The maximum absolute atomic E-state index is 12.5. The van der Waals surface area contributed by atoms with Gasteiger partial charge in [0.1, 0.15) is 5.82 Å². The summed E-state index contributed by atoms with van der Waals surface area (Å²) in [5.74, 6) is 0.861. The van der Waals surface area contributed by atoms with Crippen molar-refractivity contribution in [2.75, 3.05) is 36.4 Å². The largest absolute Gasteiger partial charge is 0.355 e. The normalized spacial score (nSPS) is 14.8. The van der Waals surface area contributed by atoms with Gasteiger partial charge in [-0.25, -0.2) is 4.98 Å². The van der Waals surface area contributed by atoms with Crippen LogP contribution in [0.15, 0.2) is 66.9 Å². The molecule has 1 fully saturated rings. The third kappa shape index (κ3) is 5.50. The fraction of sp³-hybridized carbons (Fsp3) is 0.308. The Morgan fingerprint density at radius 2 is 1.74 bits per heavy atom. The van der Waals surface area contributed by atoms with Crippen LogP contribution in [0.5, 0.6) is 0 Å². The number of hydrogen-bond donors (Lipinski definition) is 1. The highest BCUT2D eigenvalue weighted by atomic mass is 16.1. The van der Waals surface area contributed by atoms with E-state index in [-0.39, 0.29) is 5.91 Å². The Morgan fingerprint density at radius 3 is 2.48 bits per heavy atom. The van der Waals surface area contributed by atoms with Crippen LogP contribution in [0.3, 0.4) is 0 Å². The highest BCUT2D eigenvalue weighted by Crippen LogP contribution is 2.18. The van der Waals surface area contributed by atoms with Gasteiger partial charge in [-0.15, -0.1) is 0 Å². The molecular weight excluding hydrogens is 384 g/mol. The van der Waals surface area contributed by atoms with E-state index in [0.29, 0.717) is 11.3 Å². The van der Waals surface area contributed by atoms with Crippen LogP contribution in [0.25, 0.3) is 0 Å². The second-order valence-electron chi connectivity index (χ2n) is 8.28. The van der Waals surface area contributed by atoms with E-state index >= 15 is 0 Å². The molecule has 2 aromatic carbocycles. The first kappa shape index (κ1) is 21.1. The molecule has 1 aliphatic rings. The van der Waals surface area contributed by atoms with Gasteiger partial charge < -0.3 is 10.2 Å². The molecule has 0 unspecified atom stereocenters. The van der Waals surface area contributed by atoms with E-state index in [0.717, 1.165) is 50.5 Å². The van der Waals surface area contributed by atoms with E-state index in [1.807, 2.05) is 43.3 Å². The first-order valence-electron chi connectivity index (χ1n) is 10.9. The van der Waals surface area contributed by atoms with Crippen molar-refractivity contribution in [3.63, 3.8) is 0 Å².